The minimum atomic E-state index is 0.428. The molecule has 2 rings (SSSR count). The highest BCUT2D eigenvalue weighted by Crippen LogP contribution is 2.26. The predicted molar refractivity (Wildman–Crippen MR) is 59.6 cm³/mol. The fraction of sp³-hybridized carbons (Fsp3) is 0.556. The molecule has 0 amide bonds. The van der Waals surface area contributed by atoms with Gasteiger partial charge in [-0.3, -0.25) is 0 Å². The molecule has 1 aromatic heterocycles. The molecule has 1 unspecified atom stereocenters. The van der Waals surface area contributed by atoms with Crippen molar-refractivity contribution in [1.82, 2.24) is 15.5 Å². The van der Waals surface area contributed by atoms with Crippen molar-refractivity contribution in [2.75, 3.05) is 13.1 Å². The van der Waals surface area contributed by atoms with Crippen molar-refractivity contribution >= 4 is 27.5 Å². The van der Waals surface area contributed by atoms with E-state index in [2.05, 4.69) is 31.4 Å². The van der Waals surface area contributed by atoms with Crippen molar-refractivity contribution in [2.24, 2.45) is 0 Å². The number of rotatable bonds is 1. The van der Waals surface area contributed by atoms with Crippen molar-refractivity contribution < 1.29 is 0 Å². The van der Waals surface area contributed by atoms with E-state index in [4.69, 9.17) is 11.6 Å². The molecule has 76 valence electrons. The Morgan fingerprint density at radius 3 is 3.00 bits per heavy atom. The van der Waals surface area contributed by atoms with E-state index in [0.29, 0.717) is 11.1 Å². The molecule has 0 saturated carbocycles. The summed E-state index contributed by atoms with van der Waals surface area (Å²) in [6, 6.07) is 1.97. The number of halogens is 2. The third-order valence-electron chi connectivity index (χ3n) is 2.44. The van der Waals surface area contributed by atoms with Crippen LogP contribution in [0, 0.1) is 0 Å². The smallest absolute Gasteiger partial charge is 0.165 e. The Bertz CT molecular complexity index is 326. The standard InChI is InChI=1S/C9H11BrClN3/c10-7-4-8(13-14-9(7)11)6-2-1-3-12-5-6/h4,6,12H,1-3,5H2. The van der Waals surface area contributed by atoms with Crippen molar-refractivity contribution in [2.45, 2.75) is 18.8 Å². The minimum Gasteiger partial charge on any atom is -0.316 e. The molecule has 0 aliphatic carbocycles. The second-order valence-corrected chi connectivity index (χ2v) is 4.66. The second-order valence-electron chi connectivity index (χ2n) is 3.45. The molecule has 0 aromatic carbocycles. The average molecular weight is 277 g/mol. The van der Waals surface area contributed by atoms with Crippen molar-refractivity contribution in [3.8, 4) is 0 Å². The average Bonchev–Trinajstić information content (AvgIpc) is 2.23. The van der Waals surface area contributed by atoms with E-state index >= 15 is 0 Å². The molecule has 1 N–H and O–H groups in total. The van der Waals surface area contributed by atoms with Gasteiger partial charge in [0.2, 0.25) is 0 Å². The number of piperidine rings is 1. The number of hydrogen-bond acceptors (Lipinski definition) is 3. The summed E-state index contributed by atoms with van der Waals surface area (Å²) in [5, 5.41) is 11.8. The van der Waals surface area contributed by atoms with E-state index in [-0.39, 0.29) is 0 Å². The van der Waals surface area contributed by atoms with Crippen LogP contribution in [0.25, 0.3) is 0 Å². The molecule has 1 aliphatic heterocycles. The first kappa shape index (κ1) is 10.3. The predicted octanol–water partition coefficient (Wildman–Crippen LogP) is 2.36. The van der Waals surface area contributed by atoms with Crippen molar-refractivity contribution in [3.63, 3.8) is 0 Å². The van der Waals surface area contributed by atoms with Crippen LogP contribution >= 0.6 is 27.5 Å². The number of hydrogen-bond donors (Lipinski definition) is 1. The van der Waals surface area contributed by atoms with Crippen LogP contribution < -0.4 is 5.32 Å². The van der Waals surface area contributed by atoms with Crippen LogP contribution in [0.2, 0.25) is 5.15 Å². The molecule has 1 aromatic rings. The van der Waals surface area contributed by atoms with Gasteiger partial charge in [0.05, 0.1) is 10.2 Å². The van der Waals surface area contributed by atoms with E-state index < -0.39 is 0 Å². The molecule has 14 heavy (non-hydrogen) atoms. The van der Waals surface area contributed by atoms with E-state index in [0.717, 1.165) is 23.3 Å². The molecule has 5 heteroatoms. The van der Waals surface area contributed by atoms with Gasteiger partial charge in [0.1, 0.15) is 0 Å². The van der Waals surface area contributed by atoms with Gasteiger partial charge < -0.3 is 5.32 Å². The summed E-state index contributed by atoms with van der Waals surface area (Å²) in [6.07, 6.45) is 2.38. The molecular weight excluding hydrogens is 265 g/mol. The first-order valence-electron chi connectivity index (χ1n) is 4.66. The van der Waals surface area contributed by atoms with E-state index in [1.165, 1.54) is 12.8 Å². The molecule has 1 fully saturated rings. The fourth-order valence-electron chi connectivity index (χ4n) is 1.67. The summed E-state index contributed by atoms with van der Waals surface area (Å²) in [4.78, 5) is 0. The molecule has 0 radical (unpaired) electrons. The zero-order valence-electron chi connectivity index (χ0n) is 7.63. The fourth-order valence-corrected chi connectivity index (χ4v) is 2.08. The molecule has 1 aliphatic rings. The maximum Gasteiger partial charge on any atom is 0.165 e. The highest BCUT2D eigenvalue weighted by Gasteiger charge is 2.17. The van der Waals surface area contributed by atoms with Gasteiger partial charge in [-0.05, 0) is 41.4 Å². The van der Waals surface area contributed by atoms with Gasteiger partial charge in [-0.2, -0.15) is 5.10 Å². The molecule has 0 spiro atoms. The van der Waals surface area contributed by atoms with Gasteiger partial charge in [-0.1, -0.05) is 11.6 Å². The summed E-state index contributed by atoms with van der Waals surface area (Å²) < 4.78 is 0.828. The molecule has 1 atom stereocenters. The summed E-state index contributed by atoms with van der Waals surface area (Å²) in [5.41, 5.74) is 1.02. The zero-order valence-corrected chi connectivity index (χ0v) is 9.98. The monoisotopic (exact) mass is 275 g/mol. The molecular formula is C9H11BrClN3. The largest absolute Gasteiger partial charge is 0.316 e. The quantitative estimate of drug-likeness (QED) is 0.856. The topological polar surface area (TPSA) is 37.8 Å². The highest BCUT2D eigenvalue weighted by molar-refractivity contribution is 9.10. The van der Waals surface area contributed by atoms with Crippen molar-refractivity contribution in [3.05, 3.63) is 21.4 Å². The highest BCUT2D eigenvalue weighted by atomic mass is 79.9. The Labute approximate surface area is 96.4 Å². The summed E-state index contributed by atoms with van der Waals surface area (Å²) in [6.45, 7) is 2.10. The molecule has 2 heterocycles. The number of nitrogens with one attached hydrogen (secondary N) is 1. The van der Waals surface area contributed by atoms with E-state index in [9.17, 15) is 0 Å². The maximum absolute atomic E-state index is 5.78. The zero-order chi connectivity index (χ0) is 9.97. The van der Waals surface area contributed by atoms with Gasteiger partial charge >= 0.3 is 0 Å². The van der Waals surface area contributed by atoms with Crippen LogP contribution in [0.4, 0.5) is 0 Å². The van der Waals surface area contributed by atoms with Crippen LogP contribution in [0.3, 0.4) is 0 Å². The van der Waals surface area contributed by atoms with E-state index in [1.807, 2.05) is 6.07 Å². The molecule has 0 bridgehead atoms. The molecule has 3 nitrogen and oxygen atoms in total. The summed E-state index contributed by atoms with van der Waals surface area (Å²) in [5.74, 6) is 0.477. The van der Waals surface area contributed by atoms with Crippen LogP contribution in [0.5, 0.6) is 0 Å². The first-order valence-corrected chi connectivity index (χ1v) is 5.84. The van der Waals surface area contributed by atoms with Gasteiger partial charge in [0, 0.05) is 12.5 Å². The lowest BCUT2D eigenvalue weighted by Crippen LogP contribution is -2.29. The first-order chi connectivity index (χ1) is 6.77. The van der Waals surface area contributed by atoms with E-state index in [1.54, 1.807) is 0 Å². The Kier molecular flexibility index (Phi) is 3.36. The third-order valence-corrected chi connectivity index (χ3v) is 3.55. The van der Waals surface area contributed by atoms with Gasteiger partial charge in [-0.25, -0.2) is 0 Å². The normalized spacial score (nSPS) is 22.3. The molecule has 1 saturated heterocycles. The van der Waals surface area contributed by atoms with Crippen LogP contribution in [0.15, 0.2) is 10.5 Å². The Hall–Kier alpha value is -0.190. The Morgan fingerprint density at radius 1 is 1.50 bits per heavy atom. The second kappa shape index (κ2) is 4.55. The summed E-state index contributed by atoms with van der Waals surface area (Å²) in [7, 11) is 0. The maximum atomic E-state index is 5.78. The Balaban J connectivity index is 2.18. The third kappa shape index (κ3) is 2.24. The number of aromatic nitrogens is 2. The van der Waals surface area contributed by atoms with Gasteiger partial charge in [0.15, 0.2) is 5.15 Å². The lowest BCUT2D eigenvalue weighted by Gasteiger charge is -2.21. The van der Waals surface area contributed by atoms with Gasteiger partial charge in [0.25, 0.3) is 0 Å². The SMILES string of the molecule is Clc1nnc(C2CCCNC2)cc1Br. The summed E-state index contributed by atoms with van der Waals surface area (Å²) >= 11 is 9.14. The van der Waals surface area contributed by atoms with Crippen LogP contribution in [0.1, 0.15) is 24.5 Å². The van der Waals surface area contributed by atoms with Gasteiger partial charge in [-0.15, -0.1) is 5.10 Å². The lowest BCUT2D eigenvalue weighted by molar-refractivity contribution is 0.451. The van der Waals surface area contributed by atoms with Crippen LogP contribution in [-0.4, -0.2) is 23.3 Å². The van der Waals surface area contributed by atoms with Crippen LogP contribution in [-0.2, 0) is 0 Å². The minimum absolute atomic E-state index is 0.428. The number of nitrogens with zero attached hydrogens (tertiary/aromatic N) is 2. The lowest BCUT2D eigenvalue weighted by atomic mass is 9.96. The van der Waals surface area contributed by atoms with Crippen molar-refractivity contribution in [1.29, 1.82) is 0 Å². The Morgan fingerprint density at radius 2 is 2.36 bits per heavy atom.